The highest BCUT2D eigenvalue weighted by Crippen LogP contribution is 2.27. The molecular formula is C27H29ClN4O6S. The van der Waals surface area contributed by atoms with Gasteiger partial charge in [-0.3, -0.25) is 24.0 Å². The molecular weight excluding hydrogens is 544 g/mol. The van der Waals surface area contributed by atoms with Crippen molar-refractivity contribution in [1.82, 2.24) is 10.2 Å². The van der Waals surface area contributed by atoms with Gasteiger partial charge in [-0.1, -0.05) is 54.9 Å². The molecule has 0 fully saturated rings. The van der Waals surface area contributed by atoms with Crippen LogP contribution in [0.5, 0.6) is 0 Å². The minimum absolute atomic E-state index is 0.00484. The van der Waals surface area contributed by atoms with Crippen molar-refractivity contribution in [3.8, 4) is 0 Å². The Balaban J connectivity index is 2.04. The van der Waals surface area contributed by atoms with Gasteiger partial charge in [-0.15, -0.1) is 0 Å². The number of hydrogen-bond acceptors (Lipinski definition) is 6. The number of rotatable bonds is 12. The molecule has 0 aromatic heterocycles. The third-order valence-corrected chi connectivity index (χ3v) is 7.96. The van der Waals surface area contributed by atoms with Crippen LogP contribution in [0.25, 0.3) is 0 Å². The minimum Gasteiger partial charge on any atom is -0.354 e. The van der Waals surface area contributed by atoms with Crippen LogP contribution in [0.4, 0.5) is 11.4 Å². The summed E-state index contributed by atoms with van der Waals surface area (Å²) < 4.78 is 28.2. The second kappa shape index (κ2) is 13.2. The third-order valence-electron chi connectivity index (χ3n) is 5.92. The molecule has 1 N–H and O–H groups in total. The van der Waals surface area contributed by atoms with Gasteiger partial charge in [0.1, 0.15) is 12.6 Å². The molecule has 0 radical (unpaired) electrons. The van der Waals surface area contributed by atoms with E-state index in [0.717, 1.165) is 10.4 Å². The molecule has 39 heavy (non-hydrogen) atoms. The first kappa shape index (κ1) is 29.6. The zero-order chi connectivity index (χ0) is 28.6. The van der Waals surface area contributed by atoms with Crippen molar-refractivity contribution < 1.29 is 22.9 Å². The van der Waals surface area contributed by atoms with E-state index in [1.165, 1.54) is 47.4 Å². The minimum atomic E-state index is -4.32. The van der Waals surface area contributed by atoms with Crippen LogP contribution >= 0.6 is 11.6 Å². The zero-order valence-corrected chi connectivity index (χ0v) is 23.1. The fourth-order valence-corrected chi connectivity index (χ4v) is 5.33. The van der Waals surface area contributed by atoms with Gasteiger partial charge in [0.05, 0.1) is 15.5 Å². The summed E-state index contributed by atoms with van der Waals surface area (Å²) in [5, 5.41) is 14.7. The molecule has 0 aliphatic heterocycles. The maximum absolute atomic E-state index is 13.8. The summed E-state index contributed by atoms with van der Waals surface area (Å²) in [6, 6.07) is 18.3. The van der Waals surface area contributed by atoms with Crippen molar-refractivity contribution in [2.24, 2.45) is 0 Å². The van der Waals surface area contributed by atoms with E-state index in [4.69, 9.17) is 11.6 Å². The summed E-state index contributed by atoms with van der Waals surface area (Å²) in [6.07, 6.45) is 0.694. The van der Waals surface area contributed by atoms with Gasteiger partial charge < -0.3 is 10.2 Å². The van der Waals surface area contributed by atoms with Crippen molar-refractivity contribution in [1.29, 1.82) is 0 Å². The van der Waals surface area contributed by atoms with Crippen LogP contribution in [0.1, 0.15) is 25.8 Å². The Morgan fingerprint density at radius 1 is 1.03 bits per heavy atom. The van der Waals surface area contributed by atoms with Crippen molar-refractivity contribution in [3.05, 3.63) is 99.6 Å². The highest BCUT2D eigenvalue weighted by Gasteiger charge is 2.33. The van der Waals surface area contributed by atoms with Crippen LogP contribution < -0.4 is 9.62 Å². The fraction of sp³-hybridized carbons (Fsp3) is 0.259. The summed E-state index contributed by atoms with van der Waals surface area (Å²) >= 11 is 6.00. The molecule has 0 bridgehead atoms. The largest absolute Gasteiger partial charge is 0.354 e. The first-order chi connectivity index (χ1) is 18.5. The van der Waals surface area contributed by atoms with E-state index in [2.05, 4.69) is 5.32 Å². The number of nitro groups is 1. The highest BCUT2D eigenvalue weighted by atomic mass is 35.5. The first-order valence-corrected chi connectivity index (χ1v) is 14.0. The normalized spacial score (nSPS) is 11.9. The van der Waals surface area contributed by atoms with Gasteiger partial charge in [0.25, 0.3) is 15.7 Å². The number of carbonyl (C=O) groups is 2. The predicted molar refractivity (Wildman–Crippen MR) is 149 cm³/mol. The van der Waals surface area contributed by atoms with Crippen LogP contribution in [-0.4, -0.2) is 49.2 Å². The van der Waals surface area contributed by atoms with Crippen molar-refractivity contribution in [2.75, 3.05) is 17.4 Å². The van der Waals surface area contributed by atoms with E-state index in [1.807, 2.05) is 6.92 Å². The van der Waals surface area contributed by atoms with Crippen LogP contribution in [0.15, 0.2) is 83.8 Å². The average Bonchev–Trinajstić information content (AvgIpc) is 2.94. The van der Waals surface area contributed by atoms with E-state index in [1.54, 1.807) is 37.3 Å². The molecule has 0 aliphatic rings. The lowest BCUT2D eigenvalue weighted by Crippen LogP contribution is -2.51. The molecule has 10 nitrogen and oxygen atoms in total. The second-order valence-corrected chi connectivity index (χ2v) is 11.0. The molecule has 0 aliphatic carbocycles. The summed E-state index contributed by atoms with van der Waals surface area (Å²) in [5.41, 5.74) is 0.283. The predicted octanol–water partition coefficient (Wildman–Crippen LogP) is 4.39. The van der Waals surface area contributed by atoms with Crippen LogP contribution in [-0.2, 0) is 26.2 Å². The van der Waals surface area contributed by atoms with E-state index >= 15 is 0 Å². The third kappa shape index (κ3) is 7.55. The summed E-state index contributed by atoms with van der Waals surface area (Å²) in [4.78, 5) is 38.6. The summed E-state index contributed by atoms with van der Waals surface area (Å²) in [6.45, 7) is 3.17. The Morgan fingerprint density at radius 2 is 1.69 bits per heavy atom. The van der Waals surface area contributed by atoms with Crippen LogP contribution in [0.3, 0.4) is 0 Å². The van der Waals surface area contributed by atoms with Gasteiger partial charge in [0, 0.05) is 30.2 Å². The van der Waals surface area contributed by atoms with Crippen LogP contribution in [0.2, 0.25) is 5.02 Å². The monoisotopic (exact) mass is 572 g/mol. The van der Waals surface area contributed by atoms with Gasteiger partial charge in [0.2, 0.25) is 11.8 Å². The number of halogens is 1. The molecule has 12 heteroatoms. The number of carbonyl (C=O) groups excluding carboxylic acids is 2. The van der Waals surface area contributed by atoms with Gasteiger partial charge in [-0.05, 0) is 49.2 Å². The quantitative estimate of drug-likeness (QED) is 0.253. The molecule has 0 saturated heterocycles. The Hall–Kier alpha value is -3.96. The molecule has 206 valence electrons. The molecule has 0 unspecified atom stereocenters. The van der Waals surface area contributed by atoms with E-state index in [-0.39, 0.29) is 22.8 Å². The number of nitro benzene ring substituents is 1. The Labute approximate surface area is 232 Å². The number of benzene rings is 3. The fourth-order valence-electron chi connectivity index (χ4n) is 3.78. The van der Waals surface area contributed by atoms with E-state index in [0.29, 0.717) is 23.6 Å². The molecule has 2 amide bonds. The van der Waals surface area contributed by atoms with Crippen molar-refractivity contribution in [2.45, 2.75) is 37.8 Å². The second-order valence-electron chi connectivity index (χ2n) is 8.72. The number of nitrogens with one attached hydrogen (secondary N) is 1. The lowest BCUT2D eigenvalue weighted by Gasteiger charge is -2.32. The van der Waals surface area contributed by atoms with Gasteiger partial charge >= 0.3 is 0 Å². The number of amides is 2. The maximum atomic E-state index is 13.8. The molecule has 3 aromatic rings. The molecule has 1 atom stereocenters. The molecule has 3 aromatic carbocycles. The van der Waals surface area contributed by atoms with E-state index < -0.39 is 39.3 Å². The maximum Gasteiger partial charge on any atom is 0.271 e. The summed E-state index contributed by atoms with van der Waals surface area (Å²) in [5.74, 6) is -1.07. The number of sulfonamides is 1. The zero-order valence-electron chi connectivity index (χ0n) is 21.5. The Morgan fingerprint density at radius 3 is 2.31 bits per heavy atom. The number of anilines is 1. The lowest BCUT2D eigenvalue weighted by atomic mass is 10.1. The Kier molecular flexibility index (Phi) is 10.0. The molecule has 0 spiro atoms. The lowest BCUT2D eigenvalue weighted by molar-refractivity contribution is -0.384. The Bertz CT molecular complexity index is 1420. The molecule has 0 saturated carbocycles. The number of non-ortho nitro benzene ring substituents is 1. The number of hydrogen-bond donors (Lipinski definition) is 1. The smallest absolute Gasteiger partial charge is 0.271 e. The first-order valence-electron chi connectivity index (χ1n) is 12.2. The molecule has 3 rings (SSSR count). The van der Waals surface area contributed by atoms with E-state index in [9.17, 15) is 28.1 Å². The SMILES string of the molecule is CCCNC(=O)[C@H](C)N(Cc1ccc(Cl)cc1)C(=O)CN(c1cccc([N+](=O)[O-])c1)S(=O)(=O)c1ccccc1. The van der Waals surface area contributed by atoms with Crippen LogP contribution in [0, 0.1) is 10.1 Å². The van der Waals surface area contributed by atoms with Crippen molar-refractivity contribution in [3.63, 3.8) is 0 Å². The van der Waals surface area contributed by atoms with Gasteiger partial charge in [-0.25, -0.2) is 8.42 Å². The summed E-state index contributed by atoms with van der Waals surface area (Å²) in [7, 11) is -4.32. The van der Waals surface area contributed by atoms with Crippen molar-refractivity contribution >= 4 is 44.8 Å². The highest BCUT2D eigenvalue weighted by molar-refractivity contribution is 7.92. The average molecular weight is 573 g/mol. The standard InChI is InChI=1S/C27H29ClN4O6S/c1-3-16-29-27(34)20(2)30(18-21-12-14-22(28)15-13-21)26(33)19-31(23-8-7-9-24(17-23)32(35)36)39(37,38)25-10-5-4-6-11-25/h4-15,17,20H,3,16,18-19H2,1-2H3,(H,29,34)/t20-/m0/s1. The molecule has 0 heterocycles. The number of nitrogens with zero attached hydrogens (tertiary/aromatic N) is 3. The van der Waals surface area contributed by atoms with Gasteiger partial charge in [-0.2, -0.15) is 0 Å². The van der Waals surface area contributed by atoms with Gasteiger partial charge in [0.15, 0.2) is 0 Å². The topological polar surface area (TPSA) is 130 Å².